The molecule has 2 aromatic carbocycles. The highest BCUT2D eigenvalue weighted by Crippen LogP contribution is 2.40. The fraction of sp³-hybridized carbons (Fsp3) is 0.467. The first-order chi connectivity index (χ1) is 19.1. The summed E-state index contributed by atoms with van der Waals surface area (Å²) in [6.07, 6.45) is 2.51. The molecule has 0 spiro atoms. The maximum absolute atomic E-state index is 13.6. The number of rotatable bonds is 10. The number of fused-ring (bicyclic) bond motifs is 1. The van der Waals surface area contributed by atoms with Crippen molar-refractivity contribution < 1.29 is 13.2 Å². The van der Waals surface area contributed by atoms with Gasteiger partial charge in [-0.05, 0) is 86.4 Å². The zero-order chi connectivity index (χ0) is 28.0. The van der Waals surface area contributed by atoms with Crippen molar-refractivity contribution in [3.8, 4) is 0 Å². The Morgan fingerprint density at radius 1 is 0.900 bits per heavy atom. The third kappa shape index (κ3) is 6.05. The summed E-state index contributed by atoms with van der Waals surface area (Å²) in [7, 11) is 1.68. The predicted octanol–water partition coefficient (Wildman–Crippen LogP) is 6.23. The Morgan fingerprint density at radius 3 is 2.25 bits per heavy atom. The van der Waals surface area contributed by atoms with E-state index in [1.807, 2.05) is 11.1 Å². The van der Waals surface area contributed by atoms with Crippen LogP contribution in [0.3, 0.4) is 0 Å². The van der Waals surface area contributed by atoms with Gasteiger partial charge in [0, 0.05) is 43.3 Å². The van der Waals surface area contributed by atoms with E-state index in [4.69, 9.17) is 4.98 Å². The normalized spacial score (nSPS) is 15.6. The molecule has 2 saturated carbocycles. The minimum absolute atomic E-state index is 0.201. The maximum atomic E-state index is 13.6. The highest BCUT2D eigenvalue weighted by molar-refractivity contribution is 5.94. The molecule has 2 aromatic heterocycles. The van der Waals surface area contributed by atoms with Gasteiger partial charge in [-0.1, -0.05) is 28.4 Å². The molecule has 0 amide bonds. The van der Waals surface area contributed by atoms with Crippen LogP contribution in [0.1, 0.15) is 53.5 Å². The number of anilines is 2. The fourth-order valence-electron chi connectivity index (χ4n) is 5.45. The van der Waals surface area contributed by atoms with Crippen molar-refractivity contribution in [1.82, 2.24) is 25.2 Å². The van der Waals surface area contributed by atoms with Gasteiger partial charge in [-0.3, -0.25) is 4.98 Å². The Kier molecular flexibility index (Phi) is 6.88. The van der Waals surface area contributed by atoms with E-state index in [0.29, 0.717) is 35.5 Å². The van der Waals surface area contributed by atoms with Gasteiger partial charge < -0.3 is 9.80 Å². The molecule has 2 fully saturated rings. The van der Waals surface area contributed by atoms with Gasteiger partial charge in [-0.25, -0.2) is 0 Å². The number of pyridine rings is 1. The molecular formula is C30H34F3N7. The Balaban J connectivity index is 1.43. The molecule has 10 heteroatoms. The summed E-state index contributed by atoms with van der Waals surface area (Å²) >= 11 is 0. The molecule has 0 aliphatic heterocycles. The number of hydrogen-bond acceptors (Lipinski definition) is 6. The molecule has 0 saturated heterocycles. The summed E-state index contributed by atoms with van der Waals surface area (Å²) in [5.74, 6) is 1.76. The SMILES string of the molecule is Cc1cc(CN(Cc2cnc3ccc(C)cc3c2N(CC2CC2)CC2CC2)c2nnn(C)n2)cc(C(F)(F)F)c1. The largest absolute Gasteiger partial charge is 0.416 e. The standard InChI is InChI=1S/C30H34F3N7/c1-19-4-9-27-26(12-19)28(39(15-21-5-6-21)16-22-7-8-22)24(14-34-27)18-40(29-35-37-38(3)36-29)17-23-10-20(2)11-25(13-23)30(31,32)33/h4,9-14,21-22H,5-8,15-18H2,1-3H3. The van der Waals surface area contributed by atoms with Crippen molar-refractivity contribution in [1.29, 1.82) is 0 Å². The minimum Gasteiger partial charge on any atom is -0.370 e. The van der Waals surface area contributed by atoms with Crippen LogP contribution in [0.15, 0.2) is 42.6 Å². The average Bonchev–Trinajstić information content (AvgIpc) is 3.83. The summed E-state index contributed by atoms with van der Waals surface area (Å²) in [6.45, 7) is 6.38. The Bertz CT molecular complexity index is 1510. The zero-order valence-electron chi connectivity index (χ0n) is 23.1. The number of nitrogens with zero attached hydrogens (tertiary/aromatic N) is 7. The van der Waals surface area contributed by atoms with E-state index < -0.39 is 11.7 Å². The molecule has 0 unspecified atom stereocenters. The molecule has 0 N–H and O–H groups in total. The number of benzene rings is 2. The van der Waals surface area contributed by atoms with Crippen LogP contribution in [0.5, 0.6) is 0 Å². The van der Waals surface area contributed by atoms with Gasteiger partial charge in [-0.2, -0.15) is 18.0 Å². The number of tetrazole rings is 1. The van der Waals surface area contributed by atoms with Gasteiger partial charge >= 0.3 is 6.18 Å². The highest BCUT2D eigenvalue weighted by atomic mass is 19.4. The van der Waals surface area contributed by atoms with Crippen molar-refractivity contribution in [2.45, 2.75) is 58.8 Å². The van der Waals surface area contributed by atoms with Crippen molar-refractivity contribution in [2.24, 2.45) is 18.9 Å². The summed E-state index contributed by atoms with van der Waals surface area (Å²) in [6, 6.07) is 10.5. The molecule has 0 atom stereocenters. The van der Waals surface area contributed by atoms with Crippen LogP contribution in [0.2, 0.25) is 0 Å². The van der Waals surface area contributed by atoms with Crippen LogP contribution in [-0.2, 0) is 26.3 Å². The molecule has 7 nitrogen and oxygen atoms in total. The number of aromatic nitrogens is 5. The van der Waals surface area contributed by atoms with E-state index in [0.717, 1.165) is 35.1 Å². The lowest BCUT2D eigenvalue weighted by atomic mass is 10.0. The molecule has 40 heavy (non-hydrogen) atoms. The lowest BCUT2D eigenvalue weighted by molar-refractivity contribution is -0.137. The molecule has 4 aromatic rings. The van der Waals surface area contributed by atoms with E-state index in [1.165, 1.54) is 48.3 Å². The van der Waals surface area contributed by atoms with E-state index in [1.54, 1.807) is 20.0 Å². The summed E-state index contributed by atoms with van der Waals surface area (Å²) in [5, 5.41) is 13.8. The summed E-state index contributed by atoms with van der Waals surface area (Å²) in [5.41, 5.74) is 4.73. The number of aryl methyl sites for hydroxylation is 3. The number of alkyl halides is 3. The third-order valence-corrected chi connectivity index (χ3v) is 7.72. The minimum atomic E-state index is -4.42. The molecule has 6 rings (SSSR count). The Hall–Kier alpha value is -3.69. The summed E-state index contributed by atoms with van der Waals surface area (Å²) < 4.78 is 40.9. The van der Waals surface area contributed by atoms with Crippen LogP contribution in [0.4, 0.5) is 24.8 Å². The third-order valence-electron chi connectivity index (χ3n) is 7.72. The smallest absolute Gasteiger partial charge is 0.370 e. The molecular weight excluding hydrogens is 515 g/mol. The van der Waals surface area contributed by atoms with Crippen LogP contribution >= 0.6 is 0 Å². The topological polar surface area (TPSA) is 63.0 Å². The van der Waals surface area contributed by atoms with Crippen molar-refractivity contribution >= 4 is 22.5 Å². The van der Waals surface area contributed by atoms with Crippen LogP contribution < -0.4 is 9.80 Å². The van der Waals surface area contributed by atoms with Gasteiger partial charge in [0.1, 0.15) is 0 Å². The fourth-order valence-corrected chi connectivity index (χ4v) is 5.45. The van der Waals surface area contributed by atoms with E-state index in [9.17, 15) is 13.2 Å². The molecule has 2 aliphatic rings. The lowest BCUT2D eigenvalue weighted by Gasteiger charge is -2.31. The molecule has 0 radical (unpaired) electrons. The molecule has 0 bridgehead atoms. The van der Waals surface area contributed by atoms with Gasteiger partial charge in [-0.15, -0.1) is 5.10 Å². The van der Waals surface area contributed by atoms with Crippen molar-refractivity contribution in [3.05, 3.63) is 70.4 Å². The van der Waals surface area contributed by atoms with Gasteiger partial charge in [0.2, 0.25) is 0 Å². The number of hydrogen-bond donors (Lipinski definition) is 0. The summed E-state index contributed by atoms with van der Waals surface area (Å²) in [4.78, 5) is 10.6. The predicted molar refractivity (Wildman–Crippen MR) is 149 cm³/mol. The van der Waals surface area contributed by atoms with Crippen molar-refractivity contribution in [3.63, 3.8) is 0 Å². The Labute approximate surface area is 232 Å². The second-order valence-electron chi connectivity index (χ2n) is 11.6. The average molecular weight is 550 g/mol. The first-order valence-corrected chi connectivity index (χ1v) is 13.9. The first-order valence-electron chi connectivity index (χ1n) is 13.9. The second kappa shape index (κ2) is 10.4. The quantitative estimate of drug-likeness (QED) is 0.234. The van der Waals surface area contributed by atoms with Gasteiger partial charge in [0.05, 0.1) is 23.8 Å². The monoisotopic (exact) mass is 549 g/mol. The van der Waals surface area contributed by atoms with Crippen LogP contribution in [0, 0.1) is 25.7 Å². The van der Waals surface area contributed by atoms with E-state index >= 15 is 0 Å². The van der Waals surface area contributed by atoms with E-state index in [-0.39, 0.29) is 6.54 Å². The van der Waals surface area contributed by atoms with Crippen LogP contribution in [0.25, 0.3) is 10.9 Å². The van der Waals surface area contributed by atoms with Crippen LogP contribution in [-0.4, -0.2) is 38.3 Å². The lowest BCUT2D eigenvalue weighted by Crippen LogP contribution is -2.31. The Morgan fingerprint density at radius 2 is 1.62 bits per heavy atom. The van der Waals surface area contributed by atoms with E-state index in [2.05, 4.69) is 45.4 Å². The second-order valence-corrected chi connectivity index (χ2v) is 11.6. The van der Waals surface area contributed by atoms with Gasteiger partial charge in [0.15, 0.2) is 0 Å². The first kappa shape index (κ1) is 26.5. The molecule has 2 aliphatic carbocycles. The maximum Gasteiger partial charge on any atom is 0.416 e. The highest BCUT2D eigenvalue weighted by Gasteiger charge is 2.33. The molecule has 210 valence electrons. The molecule has 2 heterocycles. The van der Waals surface area contributed by atoms with Gasteiger partial charge in [0.25, 0.3) is 5.95 Å². The number of halogens is 3. The van der Waals surface area contributed by atoms with Crippen molar-refractivity contribution in [2.75, 3.05) is 22.9 Å². The zero-order valence-corrected chi connectivity index (χ0v) is 23.1.